The molecule has 4 nitrogen and oxygen atoms in total. The Balaban J connectivity index is 1.48. The van der Waals surface area contributed by atoms with E-state index in [2.05, 4.69) is 5.32 Å². The standard InChI is InChI=1S/C18H19NO3/c20-17(12-22-16-8-2-1-3-9-16)19-13-18(21)10-14-6-4-5-7-15(14)11-18/h1-9,21H,10-13H2,(H,19,20). The zero-order chi connectivity index (χ0) is 15.4. The highest BCUT2D eigenvalue weighted by molar-refractivity contribution is 5.77. The molecule has 2 aromatic rings. The molecule has 0 saturated carbocycles. The number of carbonyl (C=O) groups is 1. The van der Waals surface area contributed by atoms with Gasteiger partial charge in [0.25, 0.3) is 5.91 Å². The SMILES string of the molecule is O=C(COc1ccccc1)NCC1(O)Cc2ccccc2C1. The van der Waals surface area contributed by atoms with Crippen LogP contribution < -0.4 is 10.1 Å². The zero-order valence-corrected chi connectivity index (χ0v) is 12.3. The van der Waals surface area contributed by atoms with Crippen molar-refractivity contribution in [1.29, 1.82) is 0 Å². The lowest BCUT2D eigenvalue weighted by Crippen LogP contribution is -2.45. The van der Waals surface area contributed by atoms with E-state index in [1.807, 2.05) is 42.5 Å². The minimum absolute atomic E-state index is 0.0486. The fourth-order valence-corrected chi connectivity index (χ4v) is 2.78. The van der Waals surface area contributed by atoms with Crippen LogP contribution in [0.3, 0.4) is 0 Å². The van der Waals surface area contributed by atoms with Crippen LogP contribution in [0, 0.1) is 0 Å². The molecule has 2 N–H and O–H groups in total. The van der Waals surface area contributed by atoms with Gasteiger partial charge in [-0.15, -0.1) is 0 Å². The molecule has 0 saturated heterocycles. The number of carbonyl (C=O) groups excluding carboxylic acids is 1. The summed E-state index contributed by atoms with van der Waals surface area (Å²) in [5.74, 6) is 0.429. The van der Waals surface area contributed by atoms with Crippen LogP contribution in [-0.4, -0.2) is 29.8 Å². The summed E-state index contributed by atoms with van der Waals surface area (Å²) in [5.41, 5.74) is 1.41. The van der Waals surface area contributed by atoms with Crippen LogP contribution in [0.4, 0.5) is 0 Å². The lowest BCUT2D eigenvalue weighted by atomic mass is 10.0. The van der Waals surface area contributed by atoms with Crippen LogP contribution in [0.1, 0.15) is 11.1 Å². The number of hydrogen-bond acceptors (Lipinski definition) is 3. The number of ether oxygens (including phenoxy) is 1. The van der Waals surface area contributed by atoms with E-state index in [1.165, 1.54) is 0 Å². The maximum Gasteiger partial charge on any atom is 0.258 e. The predicted molar refractivity (Wildman–Crippen MR) is 83.7 cm³/mol. The van der Waals surface area contributed by atoms with E-state index in [4.69, 9.17) is 4.74 Å². The molecule has 0 heterocycles. The van der Waals surface area contributed by atoms with Crippen molar-refractivity contribution in [2.24, 2.45) is 0 Å². The van der Waals surface area contributed by atoms with Crippen molar-refractivity contribution < 1.29 is 14.6 Å². The van der Waals surface area contributed by atoms with Crippen molar-refractivity contribution >= 4 is 5.91 Å². The molecule has 0 radical (unpaired) electrons. The minimum atomic E-state index is -0.897. The molecular formula is C18H19NO3. The van der Waals surface area contributed by atoms with Crippen molar-refractivity contribution in [3.63, 3.8) is 0 Å². The second kappa shape index (κ2) is 6.20. The second-order valence-electron chi connectivity index (χ2n) is 5.73. The first-order valence-electron chi connectivity index (χ1n) is 7.38. The summed E-state index contributed by atoms with van der Waals surface area (Å²) in [7, 11) is 0. The number of nitrogens with one attached hydrogen (secondary N) is 1. The average molecular weight is 297 g/mol. The Kier molecular flexibility index (Phi) is 4.11. The Morgan fingerprint density at radius 3 is 2.27 bits per heavy atom. The number of fused-ring (bicyclic) bond motifs is 1. The summed E-state index contributed by atoms with van der Waals surface area (Å²) >= 11 is 0. The van der Waals surface area contributed by atoms with Crippen molar-refractivity contribution in [3.05, 3.63) is 65.7 Å². The van der Waals surface area contributed by atoms with Gasteiger partial charge in [-0.25, -0.2) is 0 Å². The Labute approximate surface area is 129 Å². The zero-order valence-electron chi connectivity index (χ0n) is 12.3. The van der Waals surface area contributed by atoms with Gasteiger partial charge in [-0.1, -0.05) is 42.5 Å². The Hall–Kier alpha value is -2.33. The number of benzene rings is 2. The quantitative estimate of drug-likeness (QED) is 0.883. The van der Waals surface area contributed by atoms with E-state index in [0.29, 0.717) is 18.6 Å². The first-order chi connectivity index (χ1) is 10.6. The molecule has 0 aliphatic heterocycles. The number of hydrogen-bond donors (Lipinski definition) is 2. The third kappa shape index (κ3) is 3.46. The molecule has 0 bridgehead atoms. The van der Waals surface area contributed by atoms with Crippen molar-refractivity contribution in [2.45, 2.75) is 18.4 Å². The van der Waals surface area contributed by atoms with Crippen LogP contribution >= 0.6 is 0 Å². The van der Waals surface area contributed by atoms with Crippen LogP contribution in [0.15, 0.2) is 54.6 Å². The largest absolute Gasteiger partial charge is 0.484 e. The Morgan fingerprint density at radius 1 is 1.05 bits per heavy atom. The molecule has 114 valence electrons. The smallest absolute Gasteiger partial charge is 0.258 e. The predicted octanol–water partition coefficient (Wildman–Crippen LogP) is 1.71. The molecule has 3 rings (SSSR count). The van der Waals surface area contributed by atoms with Crippen LogP contribution in [-0.2, 0) is 17.6 Å². The minimum Gasteiger partial charge on any atom is -0.484 e. The average Bonchev–Trinajstić information content (AvgIpc) is 2.88. The van der Waals surface area contributed by atoms with Gasteiger partial charge in [-0.05, 0) is 23.3 Å². The molecule has 4 heteroatoms. The van der Waals surface area contributed by atoms with E-state index in [0.717, 1.165) is 11.1 Å². The molecule has 2 aromatic carbocycles. The lowest BCUT2D eigenvalue weighted by Gasteiger charge is -2.22. The topological polar surface area (TPSA) is 58.6 Å². The van der Waals surface area contributed by atoms with Gasteiger partial charge < -0.3 is 15.2 Å². The van der Waals surface area contributed by atoms with E-state index in [9.17, 15) is 9.90 Å². The second-order valence-corrected chi connectivity index (χ2v) is 5.73. The summed E-state index contributed by atoms with van der Waals surface area (Å²) < 4.78 is 5.38. The van der Waals surface area contributed by atoms with Crippen molar-refractivity contribution in [2.75, 3.05) is 13.2 Å². The number of amides is 1. The molecule has 1 amide bonds. The number of rotatable bonds is 5. The van der Waals surface area contributed by atoms with Gasteiger partial charge in [0.05, 0.1) is 5.60 Å². The van der Waals surface area contributed by atoms with Gasteiger partial charge in [0.15, 0.2) is 6.61 Å². The van der Waals surface area contributed by atoms with E-state index in [1.54, 1.807) is 12.1 Å². The summed E-state index contributed by atoms with van der Waals surface area (Å²) in [6, 6.07) is 17.2. The molecule has 0 fully saturated rings. The lowest BCUT2D eigenvalue weighted by molar-refractivity contribution is -0.124. The van der Waals surface area contributed by atoms with Crippen molar-refractivity contribution in [1.82, 2.24) is 5.32 Å². The molecule has 1 aliphatic rings. The fourth-order valence-electron chi connectivity index (χ4n) is 2.78. The van der Waals surface area contributed by atoms with Gasteiger partial charge in [0, 0.05) is 19.4 Å². The maximum atomic E-state index is 11.8. The van der Waals surface area contributed by atoms with E-state index < -0.39 is 5.60 Å². The van der Waals surface area contributed by atoms with Gasteiger partial charge in [-0.2, -0.15) is 0 Å². The molecular weight excluding hydrogens is 278 g/mol. The van der Waals surface area contributed by atoms with Crippen LogP contribution in [0.2, 0.25) is 0 Å². The maximum absolute atomic E-state index is 11.8. The molecule has 0 aromatic heterocycles. The third-order valence-electron chi connectivity index (χ3n) is 3.89. The van der Waals surface area contributed by atoms with Crippen LogP contribution in [0.5, 0.6) is 5.75 Å². The number of para-hydroxylation sites is 1. The van der Waals surface area contributed by atoms with Gasteiger partial charge in [0.2, 0.25) is 0 Å². The Bertz CT molecular complexity index is 629. The molecule has 0 atom stereocenters. The third-order valence-corrected chi connectivity index (χ3v) is 3.89. The van der Waals surface area contributed by atoms with Crippen LogP contribution in [0.25, 0.3) is 0 Å². The highest BCUT2D eigenvalue weighted by atomic mass is 16.5. The highest BCUT2D eigenvalue weighted by Crippen LogP contribution is 2.29. The molecule has 22 heavy (non-hydrogen) atoms. The monoisotopic (exact) mass is 297 g/mol. The fraction of sp³-hybridized carbons (Fsp3) is 0.278. The van der Waals surface area contributed by atoms with Gasteiger partial charge >= 0.3 is 0 Å². The summed E-state index contributed by atoms with van der Waals surface area (Å²) in [6.07, 6.45) is 1.14. The molecule has 1 aliphatic carbocycles. The first kappa shape index (κ1) is 14.6. The first-order valence-corrected chi connectivity index (χ1v) is 7.38. The van der Waals surface area contributed by atoms with Gasteiger partial charge in [0.1, 0.15) is 5.75 Å². The van der Waals surface area contributed by atoms with E-state index in [-0.39, 0.29) is 19.1 Å². The highest BCUT2D eigenvalue weighted by Gasteiger charge is 2.35. The Morgan fingerprint density at radius 2 is 1.64 bits per heavy atom. The van der Waals surface area contributed by atoms with E-state index >= 15 is 0 Å². The molecule has 0 unspecified atom stereocenters. The van der Waals surface area contributed by atoms with Crippen molar-refractivity contribution in [3.8, 4) is 5.75 Å². The summed E-state index contributed by atoms with van der Waals surface area (Å²) in [6.45, 7) is 0.186. The normalized spacial score (nSPS) is 15.1. The summed E-state index contributed by atoms with van der Waals surface area (Å²) in [4.78, 5) is 11.8. The molecule has 0 spiro atoms. The summed E-state index contributed by atoms with van der Waals surface area (Å²) in [5, 5.41) is 13.3. The number of aliphatic hydroxyl groups is 1. The van der Waals surface area contributed by atoms with Gasteiger partial charge in [-0.3, -0.25) is 4.79 Å².